The lowest BCUT2D eigenvalue weighted by Gasteiger charge is -2.38. The van der Waals surface area contributed by atoms with E-state index in [1.54, 1.807) is 6.08 Å². The third-order valence-electron chi connectivity index (χ3n) is 6.74. The number of fused-ring (bicyclic) bond motifs is 3. The lowest BCUT2D eigenvalue weighted by molar-refractivity contribution is -0.0191. The molecule has 0 amide bonds. The molecule has 0 saturated heterocycles. The van der Waals surface area contributed by atoms with Crippen molar-refractivity contribution in [3.05, 3.63) is 101 Å². The van der Waals surface area contributed by atoms with Crippen molar-refractivity contribution >= 4 is 21.6 Å². The summed E-state index contributed by atoms with van der Waals surface area (Å²) in [7, 11) is 0. The molecule has 2 aliphatic rings. The highest BCUT2D eigenvalue weighted by atomic mass is 79.9. The van der Waals surface area contributed by atoms with Gasteiger partial charge in [-0.1, -0.05) is 54.8 Å². The van der Waals surface area contributed by atoms with Gasteiger partial charge in [0.2, 0.25) is 6.23 Å². The fourth-order valence-electron chi connectivity index (χ4n) is 4.80. The Balaban J connectivity index is 1.37. The van der Waals surface area contributed by atoms with Gasteiger partial charge in [0, 0.05) is 22.0 Å². The van der Waals surface area contributed by atoms with Crippen LogP contribution in [-0.4, -0.2) is 23.9 Å². The van der Waals surface area contributed by atoms with Crippen LogP contribution in [0.15, 0.2) is 89.0 Å². The van der Waals surface area contributed by atoms with Gasteiger partial charge in [-0.05, 0) is 78.7 Å². The second kappa shape index (κ2) is 11.9. The van der Waals surface area contributed by atoms with Gasteiger partial charge in [0.1, 0.15) is 23.9 Å². The van der Waals surface area contributed by atoms with Crippen LogP contribution in [0.5, 0.6) is 17.2 Å². The van der Waals surface area contributed by atoms with Crippen molar-refractivity contribution in [3.63, 3.8) is 0 Å². The van der Waals surface area contributed by atoms with E-state index < -0.39 is 0 Å². The maximum atomic E-state index is 6.53. The quantitative estimate of drug-likeness (QED) is 0.175. The summed E-state index contributed by atoms with van der Waals surface area (Å²) in [5.74, 6) is 2.61. The summed E-state index contributed by atoms with van der Waals surface area (Å²) in [4.78, 5) is 0. The maximum absolute atomic E-state index is 6.53. The number of nitrogens with zero attached hydrogens (tertiary/aromatic N) is 2. The van der Waals surface area contributed by atoms with Gasteiger partial charge in [0.05, 0.1) is 18.4 Å². The summed E-state index contributed by atoms with van der Waals surface area (Å²) in [5.41, 5.74) is 4.31. The van der Waals surface area contributed by atoms with Gasteiger partial charge in [-0.15, -0.1) is 0 Å². The van der Waals surface area contributed by atoms with Gasteiger partial charge in [-0.2, -0.15) is 5.10 Å². The molecule has 2 aliphatic heterocycles. The number of hydrazone groups is 1. The van der Waals surface area contributed by atoms with Gasteiger partial charge < -0.3 is 14.2 Å². The molecule has 0 radical (unpaired) electrons. The van der Waals surface area contributed by atoms with Crippen LogP contribution >= 0.6 is 15.9 Å². The second-order valence-electron chi connectivity index (χ2n) is 9.40. The van der Waals surface area contributed by atoms with Crippen LogP contribution < -0.4 is 14.2 Å². The van der Waals surface area contributed by atoms with Gasteiger partial charge >= 0.3 is 0 Å². The standard InChI is InChI=1S/C31H33BrN2O3/c1-3-5-6-7-19-36-26-15-10-23(11-16-26)31-34-29(27-20-24(32)12-17-30(27)37-31)21-28(33-34)22-8-13-25(14-9-22)35-18-4-2/h4,8-17,20,29,31H,2-3,5-7,18-19,21H2,1H3/t29-,31+/m1/s1. The molecule has 0 fully saturated rings. The summed E-state index contributed by atoms with van der Waals surface area (Å²) < 4.78 is 19.2. The van der Waals surface area contributed by atoms with E-state index in [4.69, 9.17) is 19.3 Å². The fourth-order valence-corrected chi connectivity index (χ4v) is 5.18. The molecule has 5 nitrogen and oxygen atoms in total. The zero-order valence-electron chi connectivity index (χ0n) is 21.2. The predicted octanol–water partition coefficient (Wildman–Crippen LogP) is 8.22. The van der Waals surface area contributed by atoms with Crippen LogP contribution in [0, 0.1) is 0 Å². The zero-order chi connectivity index (χ0) is 25.6. The van der Waals surface area contributed by atoms with Gasteiger partial charge in [-0.3, -0.25) is 0 Å². The Labute approximate surface area is 227 Å². The molecule has 3 aromatic carbocycles. The first-order valence-electron chi connectivity index (χ1n) is 13.0. The highest BCUT2D eigenvalue weighted by molar-refractivity contribution is 9.10. The molecule has 0 aromatic heterocycles. The van der Waals surface area contributed by atoms with Gasteiger partial charge in [0.15, 0.2) is 0 Å². The van der Waals surface area contributed by atoms with Crippen LogP contribution in [0.1, 0.15) is 68.0 Å². The second-order valence-corrected chi connectivity index (χ2v) is 10.3. The minimum Gasteiger partial charge on any atom is -0.494 e. The minimum absolute atomic E-state index is 0.0902. The average molecular weight is 562 g/mol. The van der Waals surface area contributed by atoms with Crippen molar-refractivity contribution in [2.24, 2.45) is 5.10 Å². The first-order chi connectivity index (χ1) is 18.2. The number of unbranched alkanes of at least 4 members (excludes halogenated alkanes) is 3. The van der Waals surface area contributed by atoms with E-state index in [2.05, 4.69) is 64.8 Å². The molecule has 37 heavy (non-hydrogen) atoms. The van der Waals surface area contributed by atoms with Crippen LogP contribution in [0.2, 0.25) is 0 Å². The fraction of sp³-hybridized carbons (Fsp3) is 0.323. The molecular weight excluding hydrogens is 528 g/mol. The van der Waals surface area contributed by atoms with E-state index in [9.17, 15) is 0 Å². The SMILES string of the molecule is C=CCOc1ccc(C2=NN3[C@H](C2)c2cc(Br)ccc2O[C@H]3c2ccc(OCCCCCC)cc2)cc1. The van der Waals surface area contributed by atoms with Crippen LogP contribution in [0.25, 0.3) is 0 Å². The number of ether oxygens (including phenoxy) is 3. The number of hydrogen-bond donors (Lipinski definition) is 0. The highest BCUT2D eigenvalue weighted by Gasteiger charge is 2.41. The van der Waals surface area contributed by atoms with Crippen LogP contribution in [0.4, 0.5) is 0 Å². The van der Waals surface area contributed by atoms with E-state index in [0.717, 1.165) is 63.6 Å². The Morgan fingerprint density at radius 2 is 1.76 bits per heavy atom. The maximum Gasteiger partial charge on any atom is 0.213 e. The van der Waals surface area contributed by atoms with Crippen LogP contribution in [-0.2, 0) is 0 Å². The molecule has 2 heterocycles. The molecule has 0 bridgehead atoms. The molecule has 0 aliphatic carbocycles. The van der Waals surface area contributed by atoms with Crippen molar-refractivity contribution < 1.29 is 14.2 Å². The number of benzene rings is 3. The highest BCUT2D eigenvalue weighted by Crippen LogP contribution is 2.48. The lowest BCUT2D eigenvalue weighted by atomic mass is 9.96. The molecular formula is C31H33BrN2O3. The lowest BCUT2D eigenvalue weighted by Crippen LogP contribution is -2.33. The van der Waals surface area contributed by atoms with E-state index in [-0.39, 0.29) is 12.3 Å². The zero-order valence-corrected chi connectivity index (χ0v) is 22.8. The predicted molar refractivity (Wildman–Crippen MR) is 151 cm³/mol. The smallest absolute Gasteiger partial charge is 0.213 e. The Morgan fingerprint density at radius 1 is 1.00 bits per heavy atom. The van der Waals surface area contributed by atoms with E-state index in [0.29, 0.717) is 6.61 Å². The third kappa shape index (κ3) is 5.85. The molecule has 2 atom stereocenters. The number of rotatable bonds is 11. The summed E-state index contributed by atoms with van der Waals surface area (Å²) in [6.07, 6.45) is 7.01. The summed E-state index contributed by atoms with van der Waals surface area (Å²) in [5, 5.41) is 7.18. The van der Waals surface area contributed by atoms with Gasteiger partial charge in [0.25, 0.3) is 0 Å². The Kier molecular flexibility index (Phi) is 8.15. The largest absolute Gasteiger partial charge is 0.494 e. The van der Waals surface area contributed by atoms with Crippen LogP contribution in [0.3, 0.4) is 0 Å². The van der Waals surface area contributed by atoms with E-state index >= 15 is 0 Å². The number of hydrogen-bond acceptors (Lipinski definition) is 5. The molecule has 6 heteroatoms. The van der Waals surface area contributed by atoms with Crippen molar-refractivity contribution in [3.8, 4) is 17.2 Å². The summed E-state index contributed by atoms with van der Waals surface area (Å²) >= 11 is 3.63. The molecule has 5 rings (SSSR count). The molecule has 192 valence electrons. The molecule has 0 spiro atoms. The number of halogens is 1. The van der Waals surface area contributed by atoms with Crippen molar-refractivity contribution in [2.75, 3.05) is 13.2 Å². The minimum atomic E-state index is -0.315. The Morgan fingerprint density at radius 3 is 2.51 bits per heavy atom. The van der Waals surface area contributed by atoms with Crippen molar-refractivity contribution in [1.82, 2.24) is 5.01 Å². The first kappa shape index (κ1) is 25.4. The molecule has 0 unspecified atom stereocenters. The summed E-state index contributed by atoms with van der Waals surface area (Å²) in [6, 6.07) is 22.7. The third-order valence-corrected chi connectivity index (χ3v) is 7.23. The van der Waals surface area contributed by atoms with E-state index in [1.165, 1.54) is 19.3 Å². The Bertz CT molecular complexity index is 1240. The molecule has 3 aromatic rings. The average Bonchev–Trinajstić information content (AvgIpc) is 3.38. The molecule has 0 N–H and O–H groups in total. The van der Waals surface area contributed by atoms with Gasteiger partial charge in [-0.25, -0.2) is 5.01 Å². The first-order valence-corrected chi connectivity index (χ1v) is 13.8. The van der Waals surface area contributed by atoms with E-state index in [1.807, 2.05) is 36.4 Å². The monoisotopic (exact) mass is 560 g/mol. The molecule has 0 saturated carbocycles. The van der Waals surface area contributed by atoms with Crippen molar-refractivity contribution in [1.29, 1.82) is 0 Å². The summed E-state index contributed by atoms with van der Waals surface area (Å²) in [6.45, 7) is 7.17. The normalized spacial score (nSPS) is 17.9. The topological polar surface area (TPSA) is 43.3 Å². The Hall–Kier alpha value is -3.25. The van der Waals surface area contributed by atoms with Crippen molar-refractivity contribution in [2.45, 2.75) is 51.3 Å².